The minimum absolute atomic E-state index is 0.0845. The molecule has 0 amide bonds. The number of ether oxygens (including phenoxy) is 1. The van der Waals surface area contributed by atoms with E-state index >= 15 is 0 Å². The number of nitrogens with one attached hydrogen (secondary N) is 1. The van der Waals surface area contributed by atoms with Gasteiger partial charge in [0, 0.05) is 6.54 Å². The molecule has 0 aliphatic rings. The summed E-state index contributed by atoms with van der Waals surface area (Å²) in [5, 5.41) is 11.5. The zero-order chi connectivity index (χ0) is 10.3. The first kappa shape index (κ1) is 11.9. The second-order valence-corrected chi connectivity index (χ2v) is 2.92. The number of carbonyl (C=O) groups is 1. The molecular formula is C9H16N2O2. The first-order chi connectivity index (χ1) is 6.15. The Hall–Kier alpha value is -1.08. The van der Waals surface area contributed by atoms with Crippen LogP contribution >= 0.6 is 0 Å². The van der Waals surface area contributed by atoms with Gasteiger partial charge in [0.25, 0.3) is 0 Å². The van der Waals surface area contributed by atoms with Gasteiger partial charge < -0.3 is 10.1 Å². The Balaban J connectivity index is 3.86. The van der Waals surface area contributed by atoms with Gasteiger partial charge in [-0.25, -0.2) is 0 Å². The fraction of sp³-hybridized carbons (Fsp3) is 0.778. The van der Waals surface area contributed by atoms with E-state index in [-0.39, 0.29) is 17.9 Å². The number of nitriles is 1. The van der Waals surface area contributed by atoms with Crippen molar-refractivity contribution in [3.8, 4) is 6.07 Å². The second-order valence-electron chi connectivity index (χ2n) is 2.92. The normalized spacial score (nSPS) is 14.3. The highest BCUT2D eigenvalue weighted by Gasteiger charge is 2.16. The standard InChI is InChI=1S/C9H16N2O2/c1-4-8(9(12)13-3)11-6-7(2)5-10/h7-8,11H,4,6H2,1-3H3. The van der Waals surface area contributed by atoms with Gasteiger partial charge in [-0.15, -0.1) is 0 Å². The summed E-state index contributed by atoms with van der Waals surface area (Å²) in [7, 11) is 1.36. The van der Waals surface area contributed by atoms with E-state index < -0.39 is 0 Å². The number of esters is 1. The van der Waals surface area contributed by atoms with Crippen molar-refractivity contribution in [2.75, 3.05) is 13.7 Å². The molecule has 0 fully saturated rings. The van der Waals surface area contributed by atoms with E-state index in [0.717, 1.165) is 0 Å². The van der Waals surface area contributed by atoms with Crippen molar-refractivity contribution in [2.24, 2.45) is 5.92 Å². The molecule has 0 aliphatic carbocycles. The Morgan fingerprint density at radius 1 is 1.69 bits per heavy atom. The minimum atomic E-state index is -0.291. The van der Waals surface area contributed by atoms with Crippen LogP contribution in [-0.4, -0.2) is 25.7 Å². The number of hydrogen-bond acceptors (Lipinski definition) is 4. The monoisotopic (exact) mass is 184 g/mol. The van der Waals surface area contributed by atoms with Crippen LogP contribution in [0.5, 0.6) is 0 Å². The molecule has 0 radical (unpaired) electrons. The van der Waals surface area contributed by atoms with Gasteiger partial charge >= 0.3 is 5.97 Å². The Morgan fingerprint density at radius 2 is 2.31 bits per heavy atom. The van der Waals surface area contributed by atoms with Crippen molar-refractivity contribution in [3.05, 3.63) is 0 Å². The van der Waals surface area contributed by atoms with Gasteiger partial charge in [-0.05, 0) is 13.3 Å². The molecular weight excluding hydrogens is 168 g/mol. The third-order valence-corrected chi connectivity index (χ3v) is 1.78. The van der Waals surface area contributed by atoms with Crippen molar-refractivity contribution >= 4 is 5.97 Å². The van der Waals surface area contributed by atoms with Gasteiger partial charge in [-0.1, -0.05) is 6.92 Å². The molecule has 0 aromatic carbocycles. The zero-order valence-corrected chi connectivity index (χ0v) is 8.33. The quantitative estimate of drug-likeness (QED) is 0.638. The Morgan fingerprint density at radius 3 is 2.69 bits per heavy atom. The summed E-state index contributed by atoms with van der Waals surface area (Å²) < 4.78 is 4.58. The van der Waals surface area contributed by atoms with Gasteiger partial charge in [0.2, 0.25) is 0 Å². The predicted molar refractivity (Wildman–Crippen MR) is 48.9 cm³/mol. The van der Waals surface area contributed by atoms with Crippen LogP contribution in [0, 0.1) is 17.2 Å². The largest absolute Gasteiger partial charge is 0.468 e. The smallest absolute Gasteiger partial charge is 0.322 e. The maximum atomic E-state index is 11.1. The summed E-state index contributed by atoms with van der Waals surface area (Å²) >= 11 is 0. The first-order valence-electron chi connectivity index (χ1n) is 4.36. The van der Waals surface area contributed by atoms with Crippen molar-refractivity contribution in [3.63, 3.8) is 0 Å². The van der Waals surface area contributed by atoms with E-state index in [9.17, 15) is 4.79 Å². The summed E-state index contributed by atoms with van der Waals surface area (Å²) in [6.07, 6.45) is 0.671. The third kappa shape index (κ3) is 4.48. The molecule has 0 rings (SSSR count). The van der Waals surface area contributed by atoms with Crippen LogP contribution in [0.1, 0.15) is 20.3 Å². The maximum absolute atomic E-state index is 11.1. The molecule has 0 spiro atoms. The molecule has 0 aromatic heterocycles. The Kier molecular flexibility index (Phi) is 5.90. The average molecular weight is 184 g/mol. The van der Waals surface area contributed by atoms with Gasteiger partial charge in [0.1, 0.15) is 6.04 Å². The highest BCUT2D eigenvalue weighted by atomic mass is 16.5. The van der Waals surface area contributed by atoms with E-state index in [0.29, 0.717) is 13.0 Å². The average Bonchev–Trinajstić information content (AvgIpc) is 2.17. The number of carbonyl (C=O) groups excluding carboxylic acids is 1. The Bertz CT molecular complexity index is 198. The molecule has 0 saturated carbocycles. The molecule has 0 aliphatic heterocycles. The summed E-state index contributed by atoms with van der Waals surface area (Å²) in [6, 6.07) is 1.80. The molecule has 0 heterocycles. The minimum Gasteiger partial charge on any atom is -0.468 e. The van der Waals surface area contributed by atoms with Crippen LogP contribution < -0.4 is 5.32 Å². The number of nitrogens with zero attached hydrogens (tertiary/aromatic N) is 1. The predicted octanol–water partition coefficient (Wildman–Crippen LogP) is 0.687. The van der Waals surface area contributed by atoms with E-state index in [4.69, 9.17) is 5.26 Å². The molecule has 13 heavy (non-hydrogen) atoms. The summed E-state index contributed by atoms with van der Waals surface area (Å²) in [5.74, 6) is -0.355. The van der Waals surface area contributed by atoms with E-state index in [1.807, 2.05) is 6.92 Å². The second kappa shape index (κ2) is 6.44. The van der Waals surface area contributed by atoms with Crippen LogP contribution in [0.4, 0.5) is 0 Å². The molecule has 1 N–H and O–H groups in total. The van der Waals surface area contributed by atoms with E-state index in [1.165, 1.54) is 7.11 Å². The first-order valence-corrected chi connectivity index (χ1v) is 4.36. The van der Waals surface area contributed by atoms with Gasteiger partial charge in [0.15, 0.2) is 0 Å². The molecule has 0 saturated heterocycles. The molecule has 0 aromatic rings. The number of rotatable bonds is 5. The Labute approximate surface area is 78.9 Å². The lowest BCUT2D eigenvalue weighted by Gasteiger charge is -2.14. The lowest BCUT2D eigenvalue weighted by molar-refractivity contribution is -0.143. The van der Waals surface area contributed by atoms with Crippen LogP contribution in [0.25, 0.3) is 0 Å². The molecule has 74 valence electrons. The zero-order valence-electron chi connectivity index (χ0n) is 8.33. The van der Waals surface area contributed by atoms with Crippen LogP contribution in [-0.2, 0) is 9.53 Å². The molecule has 2 atom stereocenters. The van der Waals surface area contributed by atoms with Crippen molar-refractivity contribution in [2.45, 2.75) is 26.3 Å². The third-order valence-electron chi connectivity index (χ3n) is 1.78. The van der Waals surface area contributed by atoms with Crippen molar-refractivity contribution in [1.82, 2.24) is 5.32 Å². The van der Waals surface area contributed by atoms with Crippen LogP contribution in [0.2, 0.25) is 0 Å². The highest BCUT2D eigenvalue weighted by molar-refractivity contribution is 5.75. The van der Waals surface area contributed by atoms with Gasteiger partial charge in [0.05, 0.1) is 19.1 Å². The van der Waals surface area contributed by atoms with Gasteiger partial charge in [-0.2, -0.15) is 5.26 Å². The fourth-order valence-electron chi connectivity index (χ4n) is 0.901. The topological polar surface area (TPSA) is 62.1 Å². The van der Waals surface area contributed by atoms with Gasteiger partial charge in [-0.3, -0.25) is 4.79 Å². The number of methoxy groups -OCH3 is 1. The lowest BCUT2D eigenvalue weighted by Crippen LogP contribution is -2.39. The van der Waals surface area contributed by atoms with Crippen molar-refractivity contribution < 1.29 is 9.53 Å². The molecule has 4 heteroatoms. The maximum Gasteiger partial charge on any atom is 0.322 e. The highest BCUT2D eigenvalue weighted by Crippen LogP contribution is 1.96. The molecule has 0 bridgehead atoms. The van der Waals surface area contributed by atoms with Crippen molar-refractivity contribution in [1.29, 1.82) is 5.26 Å². The molecule has 4 nitrogen and oxygen atoms in total. The summed E-state index contributed by atoms with van der Waals surface area (Å²) in [5.41, 5.74) is 0. The SMILES string of the molecule is CCC(NCC(C)C#N)C(=O)OC. The summed E-state index contributed by atoms with van der Waals surface area (Å²) in [6.45, 7) is 4.22. The lowest BCUT2D eigenvalue weighted by atomic mass is 10.1. The van der Waals surface area contributed by atoms with E-state index in [1.54, 1.807) is 6.92 Å². The van der Waals surface area contributed by atoms with E-state index in [2.05, 4.69) is 16.1 Å². The molecule has 2 unspecified atom stereocenters. The van der Waals surface area contributed by atoms with Crippen LogP contribution in [0.3, 0.4) is 0 Å². The summed E-state index contributed by atoms with van der Waals surface area (Å²) in [4.78, 5) is 11.1. The van der Waals surface area contributed by atoms with Crippen LogP contribution in [0.15, 0.2) is 0 Å². The fourth-order valence-corrected chi connectivity index (χ4v) is 0.901. The number of hydrogen-bond donors (Lipinski definition) is 1.